The smallest absolute Gasteiger partial charge is 0.0414 e. The monoisotopic (exact) mass is 214 g/mol. The van der Waals surface area contributed by atoms with Gasteiger partial charge in [0.05, 0.1) is 0 Å². The molecule has 1 fully saturated rings. The molecule has 2 unspecified atom stereocenters. The largest absolute Gasteiger partial charge is 0.403 e. The summed E-state index contributed by atoms with van der Waals surface area (Å²) in [5.74, 6) is 7.34. The first-order chi connectivity index (χ1) is 7.06. The van der Waals surface area contributed by atoms with Gasteiger partial charge in [0.2, 0.25) is 0 Å². The van der Waals surface area contributed by atoms with Crippen LogP contribution in [0, 0.1) is 11.8 Å². The Hall–Kier alpha value is -0.740. The van der Waals surface area contributed by atoms with Crippen LogP contribution in [0.15, 0.2) is 11.9 Å². The van der Waals surface area contributed by atoms with E-state index in [1.807, 2.05) is 6.92 Å². The Morgan fingerprint density at radius 1 is 1.53 bits per heavy atom. The first-order valence-corrected chi connectivity index (χ1v) is 5.67. The van der Waals surface area contributed by atoms with Crippen molar-refractivity contribution in [1.82, 2.24) is 5.01 Å². The fourth-order valence-electron chi connectivity index (χ4n) is 1.24. The molecule has 0 bridgehead atoms. The SMILES string of the molecule is CC1CC1CN.CCCN(N)/C(C)=C\N. The van der Waals surface area contributed by atoms with Gasteiger partial charge in [0.25, 0.3) is 0 Å². The summed E-state index contributed by atoms with van der Waals surface area (Å²) < 4.78 is 0. The lowest BCUT2D eigenvalue weighted by atomic mass is 10.3. The summed E-state index contributed by atoms with van der Waals surface area (Å²) in [5.41, 5.74) is 11.5. The van der Waals surface area contributed by atoms with Gasteiger partial charge in [-0.15, -0.1) is 0 Å². The average molecular weight is 214 g/mol. The molecule has 0 spiro atoms. The highest BCUT2D eigenvalue weighted by atomic mass is 15.4. The van der Waals surface area contributed by atoms with E-state index in [1.165, 1.54) is 12.6 Å². The van der Waals surface area contributed by atoms with Gasteiger partial charge >= 0.3 is 0 Å². The lowest BCUT2D eigenvalue weighted by molar-refractivity contribution is 0.359. The van der Waals surface area contributed by atoms with Crippen LogP contribution in [0.25, 0.3) is 0 Å². The molecule has 0 heterocycles. The highest BCUT2D eigenvalue weighted by molar-refractivity contribution is 4.91. The van der Waals surface area contributed by atoms with E-state index in [-0.39, 0.29) is 0 Å². The third kappa shape index (κ3) is 6.36. The molecule has 0 aliphatic heterocycles. The van der Waals surface area contributed by atoms with Crippen molar-refractivity contribution in [3.8, 4) is 0 Å². The van der Waals surface area contributed by atoms with Gasteiger partial charge in [0.1, 0.15) is 0 Å². The van der Waals surface area contributed by atoms with Crippen LogP contribution in [0.5, 0.6) is 0 Å². The zero-order valence-corrected chi connectivity index (χ0v) is 10.2. The molecular weight excluding hydrogens is 188 g/mol. The molecule has 1 rings (SSSR count). The lowest BCUT2D eigenvalue weighted by Gasteiger charge is -2.16. The van der Waals surface area contributed by atoms with Gasteiger partial charge in [0.15, 0.2) is 0 Å². The second-order valence-electron chi connectivity index (χ2n) is 4.21. The van der Waals surface area contributed by atoms with Crippen molar-refractivity contribution in [2.45, 2.75) is 33.6 Å². The quantitative estimate of drug-likeness (QED) is 0.481. The minimum atomic E-state index is 0.861. The molecule has 0 amide bonds. The second-order valence-corrected chi connectivity index (χ2v) is 4.21. The van der Waals surface area contributed by atoms with E-state index in [0.717, 1.165) is 37.0 Å². The molecule has 1 aliphatic carbocycles. The molecule has 0 aromatic carbocycles. The summed E-state index contributed by atoms with van der Waals surface area (Å²) >= 11 is 0. The highest BCUT2D eigenvalue weighted by Gasteiger charge is 2.30. The van der Waals surface area contributed by atoms with E-state index in [9.17, 15) is 0 Å². The zero-order valence-electron chi connectivity index (χ0n) is 10.2. The van der Waals surface area contributed by atoms with E-state index in [1.54, 1.807) is 5.01 Å². The van der Waals surface area contributed by atoms with Crippen LogP contribution in [0.3, 0.4) is 0 Å². The molecular formula is C11H26N4. The van der Waals surface area contributed by atoms with E-state index >= 15 is 0 Å². The summed E-state index contributed by atoms with van der Waals surface area (Å²) in [7, 11) is 0. The maximum absolute atomic E-state index is 5.52. The van der Waals surface area contributed by atoms with Gasteiger partial charge in [-0.1, -0.05) is 13.8 Å². The number of hydrazine groups is 1. The van der Waals surface area contributed by atoms with Crippen LogP contribution < -0.4 is 17.3 Å². The predicted octanol–water partition coefficient (Wildman–Crippen LogP) is 0.993. The molecule has 1 aliphatic rings. The fourth-order valence-corrected chi connectivity index (χ4v) is 1.24. The fraction of sp³-hybridized carbons (Fsp3) is 0.818. The number of rotatable bonds is 4. The van der Waals surface area contributed by atoms with Crippen molar-refractivity contribution < 1.29 is 0 Å². The molecule has 6 N–H and O–H groups in total. The molecule has 15 heavy (non-hydrogen) atoms. The minimum absolute atomic E-state index is 0.861. The van der Waals surface area contributed by atoms with E-state index in [0.29, 0.717) is 0 Å². The topological polar surface area (TPSA) is 81.3 Å². The van der Waals surface area contributed by atoms with Gasteiger partial charge in [-0.3, -0.25) is 0 Å². The maximum atomic E-state index is 5.52. The van der Waals surface area contributed by atoms with Gasteiger partial charge in [-0.05, 0) is 38.1 Å². The number of nitrogens with zero attached hydrogens (tertiary/aromatic N) is 1. The summed E-state index contributed by atoms with van der Waals surface area (Å²) in [6.45, 7) is 7.97. The van der Waals surface area contributed by atoms with E-state index in [4.69, 9.17) is 17.3 Å². The summed E-state index contributed by atoms with van der Waals surface area (Å²) in [4.78, 5) is 0. The number of allylic oxidation sites excluding steroid dienone is 1. The Balaban J connectivity index is 0.000000280. The first-order valence-electron chi connectivity index (χ1n) is 5.67. The van der Waals surface area contributed by atoms with Crippen molar-refractivity contribution in [1.29, 1.82) is 0 Å². The Bertz CT molecular complexity index is 189. The molecule has 2 atom stereocenters. The van der Waals surface area contributed by atoms with E-state index in [2.05, 4.69) is 13.8 Å². The molecule has 4 nitrogen and oxygen atoms in total. The molecule has 0 aromatic heterocycles. The summed E-state index contributed by atoms with van der Waals surface area (Å²) in [5, 5.41) is 1.64. The number of hydrogen-bond donors (Lipinski definition) is 3. The molecule has 0 saturated heterocycles. The first kappa shape index (κ1) is 14.3. The van der Waals surface area contributed by atoms with Gasteiger partial charge in [-0.2, -0.15) is 0 Å². The minimum Gasteiger partial charge on any atom is -0.403 e. The van der Waals surface area contributed by atoms with Gasteiger partial charge in [-0.25, -0.2) is 5.84 Å². The molecule has 0 radical (unpaired) electrons. The van der Waals surface area contributed by atoms with Crippen LogP contribution in [-0.2, 0) is 0 Å². The molecule has 1 saturated carbocycles. The Morgan fingerprint density at radius 3 is 2.27 bits per heavy atom. The van der Waals surface area contributed by atoms with Crippen LogP contribution in [0.2, 0.25) is 0 Å². The highest BCUT2D eigenvalue weighted by Crippen LogP contribution is 2.35. The van der Waals surface area contributed by atoms with E-state index < -0.39 is 0 Å². The zero-order chi connectivity index (χ0) is 11.8. The lowest BCUT2D eigenvalue weighted by Crippen LogP contribution is -2.30. The third-order valence-corrected chi connectivity index (χ3v) is 2.74. The normalized spacial score (nSPS) is 24.2. The standard InChI is InChI=1S/C6H15N3.C5H11N/c1-3-4-9(8)6(2)5-7;1-4-2-5(4)3-6/h5H,3-4,7-8H2,1-2H3;4-5H,2-3,6H2,1H3/b6-5-;. The van der Waals surface area contributed by atoms with Crippen LogP contribution in [0.1, 0.15) is 33.6 Å². The van der Waals surface area contributed by atoms with Crippen molar-refractivity contribution in [2.24, 2.45) is 29.1 Å². The number of nitrogens with two attached hydrogens (primary N) is 3. The van der Waals surface area contributed by atoms with Crippen molar-refractivity contribution in [3.05, 3.63) is 11.9 Å². The Morgan fingerprint density at radius 2 is 2.07 bits per heavy atom. The molecule has 0 aromatic rings. The Kier molecular flexibility index (Phi) is 7.17. The maximum Gasteiger partial charge on any atom is 0.0414 e. The molecule has 90 valence electrons. The van der Waals surface area contributed by atoms with Gasteiger partial charge < -0.3 is 16.5 Å². The number of hydrogen-bond acceptors (Lipinski definition) is 4. The Labute approximate surface area is 93.4 Å². The van der Waals surface area contributed by atoms with Crippen LogP contribution in [-0.4, -0.2) is 18.1 Å². The van der Waals surface area contributed by atoms with Gasteiger partial charge in [0, 0.05) is 18.4 Å². The second kappa shape index (κ2) is 7.54. The predicted molar refractivity (Wildman–Crippen MR) is 65.5 cm³/mol. The van der Waals surface area contributed by atoms with Crippen LogP contribution in [0.4, 0.5) is 0 Å². The summed E-state index contributed by atoms with van der Waals surface area (Å²) in [6, 6.07) is 0. The summed E-state index contributed by atoms with van der Waals surface area (Å²) in [6.07, 6.45) is 3.92. The average Bonchev–Trinajstić information content (AvgIpc) is 2.95. The third-order valence-electron chi connectivity index (χ3n) is 2.74. The van der Waals surface area contributed by atoms with Crippen LogP contribution >= 0.6 is 0 Å². The molecule has 4 heteroatoms. The van der Waals surface area contributed by atoms with Crippen molar-refractivity contribution >= 4 is 0 Å². The van der Waals surface area contributed by atoms with Crippen molar-refractivity contribution in [2.75, 3.05) is 13.1 Å². The van der Waals surface area contributed by atoms with Crippen molar-refractivity contribution in [3.63, 3.8) is 0 Å².